The molecule has 0 spiro atoms. The minimum atomic E-state index is -0.150. The number of halogens is 1. The molecule has 0 unspecified atom stereocenters. The molecule has 0 bridgehead atoms. The molecule has 186 valence electrons. The van der Waals surface area contributed by atoms with Gasteiger partial charge in [0, 0.05) is 29.3 Å². The third kappa shape index (κ3) is 3.82. The second-order valence-electron chi connectivity index (χ2n) is 11.9. The van der Waals surface area contributed by atoms with E-state index >= 15 is 0 Å². The molecule has 3 saturated carbocycles. The SMILES string of the molecule is CC(=O)O[C@H]1CC[C@@]2(C)C(=CC[C@H]3[C@@H]4CC[C@H](c5nc(-c6ccc(Br)cc6)no5)[C@@]4(C)CC[C@@H]32)C1. The number of carbonyl (C=O) groups excluding carboxylic acids is 1. The lowest BCUT2D eigenvalue weighted by Gasteiger charge is -2.57. The van der Waals surface area contributed by atoms with Gasteiger partial charge in [-0.3, -0.25) is 4.79 Å². The summed E-state index contributed by atoms with van der Waals surface area (Å²) in [6.07, 6.45) is 11.6. The van der Waals surface area contributed by atoms with E-state index in [0.717, 1.165) is 53.9 Å². The molecule has 1 heterocycles. The van der Waals surface area contributed by atoms with E-state index in [1.165, 1.54) is 26.2 Å². The number of hydrogen-bond donors (Lipinski definition) is 0. The van der Waals surface area contributed by atoms with Crippen LogP contribution in [0.2, 0.25) is 0 Å². The normalized spacial score (nSPS) is 38.2. The Morgan fingerprint density at radius 2 is 1.89 bits per heavy atom. The van der Waals surface area contributed by atoms with Gasteiger partial charge in [0.2, 0.25) is 11.7 Å². The lowest BCUT2D eigenvalue weighted by Crippen LogP contribution is -2.50. The number of benzene rings is 1. The average Bonchev–Trinajstić information content (AvgIpc) is 3.43. The van der Waals surface area contributed by atoms with Gasteiger partial charge >= 0.3 is 5.97 Å². The van der Waals surface area contributed by atoms with E-state index < -0.39 is 0 Å². The van der Waals surface area contributed by atoms with Gasteiger partial charge in [-0.05, 0) is 97.8 Å². The molecule has 0 N–H and O–H groups in total. The largest absolute Gasteiger partial charge is 0.462 e. The van der Waals surface area contributed by atoms with Crippen molar-refractivity contribution in [3.8, 4) is 11.4 Å². The molecule has 0 radical (unpaired) electrons. The topological polar surface area (TPSA) is 65.2 Å². The van der Waals surface area contributed by atoms with Gasteiger partial charge in [-0.25, -0.2) is 0 Å². The summed E-state index contributed by atoms with van der Waals surface area (Å²) in [4.78, 5) is 16.4. The van der Waals surface area contributed by atoms with E-state index in [2.05, 4.69) is 41.0 Å². The van der Waals surface area contributed by atoms with Crippen molar-refractivity contribution in [1.29, 1.82) is 0 Å². The maximum atomic E-state index is 11.5. The molecule has 0 saturated heterocycles. The van der Waals surface area contributed by atoms with Crippen molar-refractivity contribution < 1.29 is 14.1 Å². The summed E-state index contributed by atoms with van der Waals surface area (Å²) in [7, 11) is 0. The summed E-state index contributed by atoms with van der Waals surface area (Å²) in [5, 5.41) is 4.36. The summed E-state index contributed by atoms with van der Waals surface area (Å²) in [6.45, 7) is 6.52. The highest BCUT2D eigenvalue weighted by Crippen LogP contribution is 2.68. The van der Waals surface area contributed by atoms with Gasteiger partial charge in [0.25, 0.3) is 0 Å². The Balaban J connectivity index is 1.23. The van der Waals surface area contributed by atoms with Gasteiger partial charge in [0.1, 0.15) is 6.10 Å². The van der Waals surface area contributed by atoms with Crippen molar-refractivity contribution in [2.24, 2.45) is 28.6 Å². The maximum Gasteiger partial charge on any atom is 0.302 e. The van der Waals surface area contributed by atoms with E-state index in [4.69, 9.17) is 14.2 Å². The first kappa shape index (κ1) is 23.4. The average molecular weight is 540 g/mol. The van der Waals surface area contributed by atoms with Crippen LogP contribution in [0.4, 0.5) is 0 Å². The minimum absolute atomic E-state index is 0.0607. The molecule has 6 rings (SSSR count). The highest BCUT2D eigenvalue weighted by atomic mass is 79.9. The van der Waals surface area contributed by atoms with E-state index in [1.807, 2.05) is 24.3 Å². The molecule has 1 aromatic carbocycles. The Morgan fingerprint density at radius 1 is 1.09 bits per heavy atom. The Hall–Kier alpha value is -1.95. The van der Waals surface area contributed by atoms with Crippen molar-refractivity contribution in [3.05, 3.63) is 46.3 Å². The van der Waals surface area contributed by atoms with Crippen LogP contribution < -0.4 is 0 Å². The lowest BCUT2D eigenvalue weighted by atomic mass is 9.47. The number of rotatable bonds is 3. The molecule has 2 aromatic rings. The van der Waals surface area contributed by atoms with Gasteiger partial charge in [-0.1, -0.05) is 46.6 Å². The molecule has 1 aromatic heterocycles. The molecule has 5 nitrogen and oxygen atoms in total. The summed E-state index contributed by atoms with van der Waals surface area (Å²) in [5.41, 5.74) is 3.00. The van der Waals surface area contributed by atoms with Crippen LogP contribution in [0.15, 0.2) is 44.9 Å². The number of fused-ring (bicyclic) bond motifs is 5. The third-order valence-corrected chi connectivity index (χ3v) is 10.8. The predicted molar refractivity (Wildman–Crippen MR) is 137 cm³/mol. The highest BCUT2D eigenvalue weighted by molar-refractivity contribution is 9.10. The van der Waals surface area contributed by atoms with E-state index in [-0.39, 0.29) is 22.9 Å². The third-order valence-electron chi connectivity index (χ3n) is 10.2. The van der Waals surface area contributed by atoms with Crippen molar-refractivity contribution in [1.82, 2.24) is 10.1 Å². The fraction of sp³-hybridized carbons (Fsp3) is 0.621. The van der Waals surface area contributed by atoms with Crippen LogP contribution in [0.5, 0.6) is 0 Å². The van der Waals surface area contributed by atoms with Crippen LogP contribution in [0.1, 0.15) is 83.9 Å². The summed E-state index contributed by atoms with van der Waals surface area (Å²) in [5.74, 6) is 3.83. The Kier molecular flexibility index (Phi) is 5.74. The lowest BCUT2D eigenvalue weighted by molar-refractivity contribution is -0.148. The Morgan fingerprint density at radius 3 is 2.66 bits per heavy atom. The number of esters is 1. The smallest absolute Gasteiger partial charge is 0.302 e. The zero-order valence-corrected chi connectivity index (χ0v) is 22.5. The molecule has 4 aliphatic rings. The minimum Gasteiger partial charge on any atom is -0.462 e. The monoisotopic (exact) mass is 538 g/mol. The second-order valence-corrected chi connectivity index (χ2v) is 12.8. The van der Waals surface area contributed by atoms with Crippen molar-refractivity contribution >= 4 is 21.9 Å². The standard InChI is InChI=1S/C29H35BrN2O3/c1-17(33)34-21-12-14-28(2)19(16-21)6-9-22-23-10-11-25(29(23,3)15-13-24(22)28)27-31-26(32-35-27)18-4-7-20(30)8-5-18/h4-8,21-25H,9-16H2,1-3H3/t21-,22-,23-,24-,25+,28-,29-/m0/s1. The fourth-order valence-corrected chi connectivity index (χ4v) is 8.73. The van der Waals surface area contributed by atoms with Crippen molar-refractivity contribution in [2.75, 3.05) is 0 Å². The zero-order valence-electron chi connectivity index (χ0n) is 20.9. The highest BCUT2D eigenvalue weighted by Gasteiger charge is 2.60. The Labute approximate surface area is 216 Å². The first-order valence-electron chi connectivity index (χ1n) is 13.2. The van der Waals surface area contributed by atoms with Crippen molar-refractivity contribution in [2.45, 2.75) is 84.2 Å². The van der Waals surface area contributed by atoms with Gasteiger partial charge in [-0.2, -0.15) is 4.98 Å². The number of allylic oxidation sites excluding steroid dienone is 1. The van der Waals surface area contributed by atoms with Crippen LogP contribution in [0.25, 0.3) is 11.4 Å². The van der Waals surface area contributed by atoms with E-state index in [9.17, 15) is 4.79 Å². The fourth-order valence-electron chi connectivity index (χ4n) is 8.46. The van der Waals surface area contributed by atoms with Crippen molar-refractivity contribution in [3.63, 3.8) is 0 Å². The Bertz CT molecular complexity index is 1160. The molecule has 4 aliphatic carbocycles. The molecule has 7 atom stereocenters. The van der Waals surface area contributed by atoms with Gasteiger partial charge in [-0.15, -0.1) is 0 Å². The van der Waals surface area contributed by atoms with Gasteiger partial charge < -0.3 is 9.26 Å². The molecular formula is C29H35BrN2O3. The number of aromatic nitrogens is 2. The molecule has 35 heavy (non-hydrogen) atoms. The van der Waals surface area contributed by atoms with Gasteiger partial charge in [0.05, 0.1) is 0 Å². The van der Waals surface area contributed by atoms with Crippen LogP contribution in [0.3, 0.4) is 0 Å². The summed E-state index contributed by atoms with van der Waals surface area (Å²) in [6, 6.07) is 8.10. The van der Waals surface area contributed by atoms with Gasteiger partial charge in [0.15, 0.2) is 0 Å². The van der Waals surface area contributed by atoms with E-state index in [1.54, 1.807) is 5.57 Å². The molecule has 0 amide bonds. The zero-order chi connectivity index (χ0) is 24.4. The summed E-state index contributed by atoms with van der Waals surface area (Å²) < 4.78 is 12.6. The second kappa shape index (κ2) is 8.57. The quantitative estimate of drug-likeness (QED) is 0.299. The molecule has 6 heteroatoms. The van der Waals surface area contributed by atoms with E-state index in [0.29, 0.717) is 23.6 Å². The van der Waals surface area contributed by atoms with Crippen LogP contribution in [-0.2, 0) is 9.53 Å². The first-order valence-corrected chi connectivity index (χ1v) is 14.0. The molecular weight excluding hydrogens is 504 g/mol. The maximum absolute atomic E-state index is 11.5. The number of ether oxygens (including phenoxy) is 1. The molecule has 3 fully saturated rings. The molecule has 0 aliphatic heterocycles. The van der Waals surface area contributed by atoms with Crippen LogP contribution >= 0.6 is 15.9 Å². The summed E-state index contributed by atoms with van der Waals surface area (Å²) >= 11 is 3.50. The predicted octanol–water partition coefficient (Wildman–Crippen LogP) is 7.48. The number of hydrogen-bond acceptors (Lipinski definition) is 5. The number of nitrogens with zero attached hydrogens (tertiary/aromatic N) is 2. The first-order chi connectivity index (χ1) is 16.8. The van der Waals surface area contributed by atoms with Crippen LogP contribution in [-0.4, -0.2) is 22.2 Å². The van der Waals surface area contributed by atoms with Crippen LogP contribution in [0, 0.1) is 28.6 Å². The number of carbonyl (C=O) groups is 1.